The van der Waals surface area contributed by atoms with Crippen molar-refractivity contribution in [2.45, 2.75) is 47.3 Å². The first-order chi connectivity index (χ1) is 17.4. The van der Waals surface area contributed by atoms with E-state index in [4.69, 9.17) is 24.7 Å². The molecule has 2 saturated heterocycles. The Kier molecular flexibility index (Phi) is 14.3. The van der Waals surface area contributed by atoms with Crippen molar-refractivity contribution in [1.82, 2.24) is 9.80 Å². The predicted octanol–water partition coefficient (Wildman–Crippen LogP) is 1.11. The molecule has 0 aromatic rings. The third kappa shape index (κ3) is 10.7. The van der Waals surface area contributed by atoms with Gasteiger partial charge in [-0.2, -0.15) is 0 Å². The zero-order valence-corrected chi connectivity index (χ0v) is 24.6. The van der Waals surface area contributed by atoms with Gasteiger partial charge < -0.3 is 24.7 Å². The van der Waals surface area contributed by atoms with Gasteiger partial charge in [0.1, 0.15) is 0 Å². The third-order valence-electron chi connectivity index (χ3n) is 6.16. The lowest BCUT2D eigenvalue weighted by Crippen LogP contribution is -2.37. The molecule has 2 rings (SSSR count). The minimum Gasteiger partial charge on any atom is -0.466 e. The van der Waals surface area contributed by atoms with E-state index in [1.54, 1.807) is 27.7 Å². The summed E-state index contributed by atoms with van der Waals surface area (Å²) in [7, 11) is -0.853. The van der Waals surface area contributed by atoms with Crippen LogP contribution in [0.15, 0.2) is 0 Å². The second-order valence-electron chi connectivity index (χ2n) is 10.4. The molecule has 0 aromatic carbocycles. The van der Waals surface area contributed by atoms with E-state index in [0.717, 1.165) is 6.17 Å². The Morgan fingerprint density at radius 1 is 0.622 bits per heavy atom. The molecular formula is C25H47N3O8Si. The topological polar surface area (TPSA) is 138 Å². The molecule has 0 bridgehead atoms. The Morgan fingerprint density at radius 2 is 0.838 bits per heavy atom. The smallest absolute Gasteiger partial charge is 0.311 e. The largest absolute Gasteiger partial charge is 0.466 e. The molecule has 0 radical (unpaired) electrons. The second kappa shape index (κ2) is 16.1. The molecule has 2 aliphatic heterocycles. The summed E-state index contributed by atoms with van der Waals surface area (Å²) in [4.78, 5) is 53.4. The normalized spacial score (nSPS) is 24.1. The average Bonchev–Trinajstić information content (AvgIpc) is 3.45. The van der Waals surface area contributed by atoms with Crippen LogP contribution in [0.5, 0.6) is 0 Å². The van der Waals surface area contributed by atoms with Gasteiger partial charge in [-0.05, 0) is 33.9 Å². The van der Waals surface area contributed by atoms with Gasteiger partial charge in [0.25, 0.3) is 0 Å². The summed E-state index contributed by atoms with van der Waals surface area (Å²) in [6, 6.07) is 0. The van der Waals surface area contributed by atoms with Gasteiger partial charge in [-0.1, -0.05) is 19.6 Å². The van der Waals surface area contributed by atoms with Crippen molar-refractivity contribution < 1.29 is 38.1 Å². The molecule has 0 spiro atoms. The first-order valence-corrected chi connectivity index (χ1v) is 16.9. The number of likely N-dealkylation sites (tertiary alicyclic amines) is 2. The van der Waals surface area contributed by atoms with Crippen molar-refractivity contribution >= 4 is 32.0 Å². The fourth-order valence-corrected chi connectivity index (χ4v) is 4.24. The standard InChI is InChI=1S/C21H34N2O8.C4H13NSi/c1-5-28-18(24)14-9-22(10-15(14)19(25)29-6-2)13-23-11-16(20(26)30-7-3)17(12-23)21(27)31-8-4;1-6(2,3)4-5/h14-17H,5-13H2,1-4H3;4-5H2,1-3H3/t14-,15-,16-,17-;/m0./s1. The molecule has 2 aliphatic rings. The lowest BCUT2D eigenvalue weighted by atomic mass is 9.96. The molecule has 0 aliphatic carbocycles. The van der Waals surface area contributed by atoms with E-state index < -0.39 is 55.6 Å². The lowest BCUT2D eigenvalue weighted by Gasteiger charge is -2.23. The Bertz CT molecular complexity index is 655. The van der Waals surface area contributed by atoms with Crippen LogP contribution in [-0.4, -0.2) is 107 Å². The number of hydrogen-bond acceptors (Lipinski definition) is 11. The molecule has 0 unspecified atom stereocenters. The number of nitrogens with zero attached hydrogens (tertiary/aromatic N) is 2. The van der Waals surface area contributed by atoms with Crippen LogP contribution < -0.4 is 5.73 Å². The monoisotopic (exact) mass is 545 g/mol. The van der Waals surface area contributed by atoms with Crippen LogP contribution in [0.3, 0.4) is 0 Å². The Balaban J connectivity index is 0.00000102. The summed E-state index contributed by atoms with van der Waals surface area (Å²) in [5.41, 5.74) is 5.37. The number of carbonyl (C=O) groups excluding carboxylic acids is 4. The Labute approximate surface area is 222 Å². The minimum absolute atomic E-state index is 0.236. The van der Waals surface area contributed by atoms with Crippen LogP contribution in [0.25, 0.3) is 0 Å². The van der Waals surface area contributed by atoms with Crippen LogP contribution in [0.1, 0.15) is 27.7 Å². The zero-order valence-electron chi connectivity index (χ0n) is 23.6. The van der Waals surface area contributed by atoms with Crippen LogP contribution in [-0.2, 0) is 38.1 Å². The highest BCUT2D eigenvalue weighted by Gasteiger charge is 2.47. The van der Waals surface area contributed by atoms with Gasteiger partial charge in [0.05, 0.1) is 64.8 Å². The number of rotatable bonds is 11. The van der Waals surface area contributed by atoms with E-state index in [1.165, 1.54) is 0 Å². The van der Waals surface area contributed by atoms with Crippen molar-refractivity contribution in [1.29, 1.82) is 0 Å². The highest BCUT2D eigenvalue weighted by atomic mass is 28.3. The van der Waals surface area contributed by atoms with E-state index in [2.05, 4.69) is 19.6 Å². The van der Waals surface area contributed by atoms with Crippen molar-refractivity contribution in [2.24, 2.45) is 29.4 Å². The quantitative estimate of drug-likeness (QED) is 0.227. The molecule has 0 aromatic heterocycles. The molecular weight excluding hydrogens is 498 g/mol. The van der Waals surface area contributed by atoms with Gasteiger partial charge in [0.15, 0.2) is 0 Å². The maximum atomic E-state index is 12.4. The van der Waals surface area contributed by atoms with Gasteiger partial charge in [0.2, 0.25) is 0 Å². The van der Waals surface area contributed by atoms with Crippen molar-refractivity contribution in [2.75, 3.05) is 65.4 Å². The number of hydrogen-bond donors (Lipinski definition) is 1. The van der Waals surface area contributed by atoms with Crippen molar-refractivity contribution in [3.8, 4) is 0 Å². The Hall–Kier alpha value is -2.02. The number of carbonyl (C=O) groups is 4. The molecule has 0 amide bonds. The van der Waals surface area contributed by atoms with Crippen LogP contribution in [0, 0.1) is 23.7 Å². The highest BCUT2D eigenvalue weighted by molar-refractivity contribution is 6.76. The molecule has 2 N–H and O–H groups in total. The fourth-order valence-electron chi connectivity index (χ4n) is 4.24. The number of esters is 4. The summed E-state index contributed by atoms with van der Waals surface area (Å²) in [6.07, 6.45) is 0.910. The molecule has 11 nitrogen and oxygen atoms in total. The molecule has 214 valence electrons. The lowest BCUT2D eigenvalue weighted by molar-refractivity contribution is -0.157. The fraction of sp³-hybridized carbons (Fsp3) is 0.840. The van der Waals surface area contributed by atoms with Crippen LogP contribution in [0.4, 0.5) is 0 Å². The predicted molar refractivity (Wildman–Crippen MR) is 141 cm³/mol. The van der Waals surface area contributed by atoms with Crippen molar-refractivity contribution in [3.63, 3.8) is 0 Å². The summed E-state index contributed by atoms with van der Waals surface area (Å²) < 4.78 is 20.6. The zero-order chi connectivity index (χ0) is 28.2. The summed E-state index contributed by atoms with van der Waals surface area (Å²) in [5.74, 6) is -4.11. The van der Waals surface area contributed by atoms with E-state index in [0.29, 0.717) is 32.8 Å². The maximum Gasteiger partial charge on any atom is 0.311 e. The van der Waals surface area contributed by atoms with E-state index in [-0.39, 0.29) is 26.4 Å². The number of nitrogens with two attached hydrogens (primary N) is 1. The summed E-state index contributed by atoms with van der Waals surface area (Å²) >= 11 is 0. The average molecular weight is 546 g/mol. The van der Waals surface area contributed by atoms with Crippen molar-refractivity contribution in [3.05, 3.63) is 0 Å². The van der Waals surface area contributed by atoms with Gasteiger partial charge in [-0.25, -0.2) is 0 Å². The van der Waals surface area contributed by atoms with E-state index >= 15 is 0 Å². The van der Waals surface area contributed by atoms with Crippen LogP contribution >= 0.6 is 0 Å². The molecule has 0 saturated carbocycles. The second-order valence-corrected chi connectivity index (χ2v) is 15.9. The molecule has 2 fully saturated rings. The van der Waals surface area contributed by atoms with Crippen LogP contribution in [0.2, 0.25) is 19.6 Å². The van der Waals surface area contributed by atoms with E-state index in [1.807, 2.05) is 9.80 Å². The van der Waals surface area contributed by atoms with E-state index in [9.17, 15) is 19.2 Å². The van der Waals surface area contributed by atoms with Gasteiger partial charge in [-0.15, -0.1) is 0 Å². The Morgan fingerprint density at radius 3 is 1.00 bits per heavy atom. The number of ether oxygens (including phenoxy) is 4. The summed E-state index contributed by atoms with van der Waals surface area (Å²) in [5, 5.41) is 0. The minimum atomic E-state index is -0.853. The molecule has 4 atom stereocenters. The SMILES string of the molecule is CCOC(=O)[C@H]1CN(CN2C[C@H](C(=O)OCC)[C@@H](C(=O)OCC)C2)C[C@@H]1C(=O)OCC.C[Si](C)(C)CN. The maximum absolute atomic E-state index is 12.4. The van der Waals surface area contributed by atoms with Gasteiger partial charge in [0, 0.05) is 26.2 Å². The van der Waals surface area contributed by atoms with Gasteiger partial charge >= 0.3 is 23.9 Å². The first kappa shape index (κ1) is 33.0. The molecule has 2 heterocycles. The summed E-state index contributed by atoms with van der Waals surface area (Å²) in [6.45, 7) is 16.4. The molecule has 37 heavy (non-hydrogen) atoms. The highest BCUT2D eigenvalue weighted by Crippen LogP contribution is 2.30. The molecule has 12 heteroatoms. The van der Waals surface area contributed by atoms with Gasteiger partial charge in [-0.3, -0.25) is 29.0 Å². The third-order valence-corrected chi connectivity index (χ3v) is 7.39. The first-order valence-electron chi connectivity index (χ1n) is 13.2.